The zero-order valence-electron chi connectivity index (χ0n) is 8.72. The summed E-state index contributed by atoms with van der Waals surface area (Å²) >= 11 is 0. The SMILES string of the molecule is CCC(C)(NCC1CC1)C(=O)OC. The standard InChI is InChI=1S/C10H19NO2/c1-4-10(2,9(12)13-3)11-7-8-5-6-8/h8,11H,4-7H2,1-3H3. The van der Waals surface area contributed by atoms with Gasteiger partial charge in [-0.1, -0.05) is 6.92 Å². The van der Waals surface area contributed by atoms with Gasteiger partial charge in [-0.2, -0.15) is 0 Å². The van der Waals surface area contributed by atoms with Crippen LogP contribution in [0.15, 0.2) is 0 Å². The van der Waals surface area contributed by atoms with E-state index >= 15 is 0 Å². The molecule has 0 radical (unpaired) electrons. The Morgan fingerprint density at radius 3 is 2.62 bits per heavy atom. The monoisotopic (exact) mass is 185 g/mol. The van der Waals surface area contributed by atoms with Gasteiger partial charge in [-0.15, -0.1) is 0 Å². The summed E-state index contributed by atoms with van der Waals surface area (Å²) in [5.74, 6) is 0.631. The molecule has 1 fully saturated rings. The molecule has 0 saturated heterocycles. The van der Waals surface area contributed by atoms with Crippen LogP contribution in [0.25, 0.3) is 0 Å². The predicted octanol–water partition coefficient (Wildman–Crippen LogP) is 1.33. The zero-order valence-corrected chi connectivity index (χ0v) is 8.72. The number of hydrogen-bond donors (Lipinski definition) is 1. The third-order valence-electron chi connectivity index (χ3n) is 2.82. The molecule has 1 N–H and O–H groups in total. The van der Waals surface area contributed by atoms with Crippen molar-refractivity contribution in [3.63, 3.8) is 0 Å². The third kappa shape index (κ3) is 2.69. The number of nitrogens with one attached hydrogen (secondary N) is 1. The van der Waals surface area contributed by atoms with E-state index in [1.54, 1.807) is 0 Å². The zero-order chi connectivity index (χ0) is 9.90. The molecule has 1 unspecified atom stereocenters. The highest BCUT2D eigenvalue weighted by Crippen LogP contribution is 2.28. The largest absolute Gasteiger partial charge is 0.468 e. The molecule has 0 bridgehead atoms. The van der Waals surface area contributed by atoms with Crippen LogP contribution >= 0.6 is 0 Å². The molecule has 1 saturated carbocycles. The van der Waals surface area contributed by atoms with Crippen LogP contribution in [0.3, 0.4) is 0 Å². The highest BCUT2D eigenvalue weighted by Gasteiger charge is 2.33. The highest BCUT2D eigenvalue weighted by molar-refractivity contribution is 5.80. The second-order valence-corrected chi connectivity index (χ2v) is 4.00. The van der Waals surface area contributed by atoms with E-state index in [0.717, 1.165) is 18.9 Å². The second kappa shape index (κ2) is 4.09. The lowest BCUT2D eigenvalue weighted by atomic mass is 9.99. The molecule has 0 aromatic carbocycles. The second-order valence-electron chi connectivity index (χ2n) is 4.00. The molecule has 1 atom stereocenters. The number of methoxy groups -OCH3 is 1. The van der Waals surface area contributed by atoms with E-state index in [4.69, 9.17) is 4.74 Å². The summed E-state index contributed by atoms with van der Waals surface area (Å²) in [6, 6.07) is 0. The summed E-state index contributed by atoms with van der Waals surface area (Å²) in [5, 5.41) is 3.28. The van der Waals surface area contributed by atoms with Crippen LogP contribution in [0.2, 0.25) is 0 Å². The molecule has 1 aliphatic carbocycles. The van der Waals surface area contributed by atoms with E-state index < -0.39 is 5.54 Å². The van der Waals surface area contributed by atoms with Gasteiger partial charge in [0, 0.05) is 0 Å². The van der Waals surface area contributed by atoms with Crippen LogP contribution in [-0.2, 0) is 9.53 Å². The topological polar surface area (TPSA) is 38.3 Å². The molecule has 0 heterocycles. The summed E-state index contributed by atoms with van der Waals surface area (Å²) in [6.45, 7) is 4.84. The molecular weight excluding hydrogens is 166 g/mol. The number of carbonyl (C=O) groups is 1. The molecule has 13 heavy (non-hydrogen) atoms. The molecule has 3 heteroatoms. The summed E-state index contributed by atoms with van der Waals surface area (Å²) < 4.78 is 4.76. The number of esters is 1. The average Bonchev–Trinajstić information content (AvgIpc) is 2.96. The fourth-order valence-electron chi connectivity index (χ4n) is 1.26. The van der Waals surface area contributed by atoms with Crippen LogP contribution < -0.4 is 5.32 Å². The molecular formula is C10H19NO2. The van der Waals surface area contributed by atoms with Gasteiger partial charge in [0.15, 0.2) is 0 Å². The smallest absolute Gasteiger partial charge is 0.325 e. The van der Waals surface area contributed by atoms with E-state index in [9.17, 15) is 4.79 Å². The maximum absolute atomic E-state index is 11.4. The van der Waals surface area contributed by atoms with Crippen LogP contribution in [0.5, 0.6) is 0 Å². The maximum Gasteiger partial charge on any atom is 0.325 e. The van der Waals surface area contributed by atoms with Gasteiger partial charge < -0.3 is 10.1 Å². The minimum Gasteiger partial charge on any atom is -0.468 e. The van der Waals surface area contributed by atoms with E-state index in [2.05, 4.69) is 5.32 Å². The van der Waals surface area contributed by atoms with E-state index in [0.29, 0.717) is 0 Å². The van der Waals surface area contributed by atoms with Crippen molar-refractivity contribution in [3.8, 4) is 0 Å². The van der Waals surface area contributed by atoms with Gasteiger partial charge in [-0.3, -0.25) is 4.79 Å². The van der Waals surface area contributed by atoms with Gasteiger partial charge in [0.05, 0.1) is 7.11 Å². The van der Waals surface area contributed by atoms with Gasteiger partial charge >= 0.3 is 5.97 Å². The van der Waals surface area contributed by atoms with Crippen molar-refractivity contribution in [1.29, 1.82) is 0 Å². The quantitative estimate of drug-likeness (QED) is 0.657. The molecule has 3 nitrogen and oxygen atoms in total. The van der Waals surface area contributed by atoms with Gasteiger partial charge in [0.2, 0.25) is 0 Å². The number of hydrogen-bond acceptors (Lipinski definition) is 3. The van der Waals surface area contributed by atoms with Crippen LogP contribution in [-0.4, -0.2) is 25.2 Å². The molecule has 0 aromatic heterocycles. The fourth-order valence-corrected chi connectivity index (χ4v) is 1.26. The van der Waals surface area contributed by atoms with Crippen molar-refractivity contribution in [3.05, 3.63) is 0 Å². The van der Waals surface area contributed by atoms with Crippen LogP contribution in [0.4, 0.5) is 0 Å². The molecule has 1 rings (SSSR count). The summed E-state index contributed by atoms with van der Waals surface area (Å²) in [4.78, 5) is 11.4. The molecule has 0 spiro atoms. The lowest BCUT2D eigenvalue weighted by Crippen LogP contribution is -2.50. The maximum atomic E-state index is 11.4. The molecule has 1 aliphatic rings. The number of carbonyl (C=O) groups excluding carboxylic acids is 1. The molecule has 0 aliphatic heterocycles. The molecule has 0 amide bonds. The minimum absolute atomic E-state index is 0.157. The Hall–Kier alpha value is -0.570. The number of rotatable bonds is 5. The van der Waals surface area contributed by atoms with Crippen molar-refractivity contribution < 1.29 is 9.53 Å². The van der Waals surface area contributed by atoms with Gasteiger partial charge in [-0.05, 0) is 38.6 Å². The van der Waals surface area contributed by atoms with Crippen molar-refractivity contribution in [1.82, 2.24) is 5.32 Å². The first kappa shape index (κ1) is 10.5. The Kier molecular flexibility index (Phi) is 3.31. The Bertz CT molecular complexity index is 189. The van der Waals surface area contributed by atoms with Crippen molar-refractivity contribution in [2.24, 2.45) is 5.92 Å². The first-order chi connectivity index (χ1) is 6.12. The lowest BCUT2D eigenvalue weighted by Gasteiger charge is -2.26. The van der Waals surface area contributed by atoms with Gasteiger partial charge in [-0.25, -0.2) is 0 Å². The van der Waals surface area contributed by atoms with Crippen molar-refractivity contribution in [2.75, 3.05) is 13.7 Å². The van der Waals surface area contributed by atoms with Gasteiger partial charge in [0.25, 0.3) is 0 Å². The Balaban J connectivity index is 2.40. The lowest BCUT2D eigenvalue weighted by molar-refractivity contribution is -0.148. The van der Waals surface area contributed by atoms with Gasteiger partial charge in [0.1, 0.15) is 5.54 Å². The van der Waals surface area contributed by atoms with E-state index in [-0.39, 0.29) is 5.97 Å². The first-order valence-electron chi connectivity index (χ1n) is 4.96. The molecule has 0 aromatic rings. The Morgan fingerprint density at radius 2 is 2.23 bits per heavy atom. The van der Waals surface area contributed by atoms with Crippen LogP contribution in [0, 0.1) is 5.92 Å². The first-order valence-corrected chi connectivity index (χ1v) is 4.96. The Morgan fingerprint density at radius 1 is 1.62 bits per heavy atom. The predicted molar refractivity (Wildman–Crippen MR) is 51.4 cm³/mol. The minimum atomic E-state index is -0.489. The molecule has 76 valence electrons. The van der Waals surface area contributed by atoms with E-state index in [1.807, 2.05) is 13.8 Å². The van der Waals surface area contributed by atoms with Crippen molar-refractivity contribution in [2.45, 2.75) is 38.6 Å². The summed E-state index contributed by atoms with van der Waals surface area (Å²) in [7, 11) is 1.44. The number of ether oxygens (including phenoxy) is 1. The average molecular weight is 185 g/mol. The third-order valence-corrected chi connectivity index (χ3v) is 2.82. The fraction of sp³-hybridized carbons (Fsp3) is 0.900. The summed E-state index contributed by atoms with van der Waals surface area (Å²) in [5.41, 5.74) is -0.489. The van der Waals surface area contributed by atoms with Crippen LogP contribution in [0.1, 0.15) is 33.1 Å². The van der Waals surface area contributed by atoms with Crippen molar-refractivity contribution >= 4 is 5.97 Å². The summed E-state index contributed by atoms with van der Waals surface area (Å²) in [6.07, 6.45) is 3.37. The highest BCUT2D eigenvalue weighted by atomic mass is 16.5. The van der Waals surface area contributed by atoms with E-state index in [1.165, 1.54) is 20.0 Å². The normalized spacial score (nSPS) is 20.8. The Labute approximate surface area is 79.8 Å².